The van der Waals surface area contributed by atoms with Crippen molar-refractivity contribution in [3.8, 4) is 0 Å². The van der Waals surface area contributed by atoms with Crippen molar-refractivity contribution in [2.75, 3.05) is 14.2 Å². The van der Waals surface area contributed by atoms with Crippen molar-refractivity contribution in [2.24, 2.45) is 5.92 Å². The number of methoxy groups -OCH3 is 2. The average molecular weight is 427 g/mol. The van der Waals surface area contributed by atoms with Gasteiger partial charge in [-0.3, -0.25) is 4.79 Å². The predicted octanol–water partition coefficient (Wildman–Crippen LogP) is 2.86. The summed E-state index contributed by atoms with van der Waals surface area (Å²) in [6, 6.07) is 4.62. The van der Waals surface area contributed by atoms with Gasteiger partial charge in [-0.1, -0.05) is 18.2 Å². The number of nitrogens with one attached hydrogen (secondary N) is 1. The molecule has 0 spiro atoms. The third-order valence-electron chi connectivity index (χ3n) is 4.50. The lowest BCUT2D eigenvalue weighted by Crippen LogP contribution is -2.37. The van der Waals surface area contributed by atoms with Gasteiger partial charge in [-0.15, -0.1) is 0 Å². The molecular weight excluding hydrogens is 407 g/mol. The van der Waals surface area contributed by atoms with Crippen molar-refractivity contribution < 1.29 is 41.8 Å². The van der Waals surface area contributed by atoms with Crippen LogP contribution in [0.25, 0.3) is 0 Å². The fraction of sp³-hybridized carbons (Fsp3) is 0.350. The maximum absolute atomic E-state index is 13.2. The minimum Gasteiger partial charge on any atom is -0.466 e. The number of esters is 3. The molecule has 30 heavy (non-hydrogen) atoms. The lowest BCUT2D eigenvalue weighted by atomic mass is 9.85. The van der Waals surface area contributed by atoms with E-state index in [0.717, 1.165) is 20.3 Å². The topological polar surface area (TPSA) is 90.9 Å². The largest absolute Gasteiger partial charge is 0.466 e. The molecule has 1 aromatic carbocycles. The quantitative estimate of drug-likeness (QED) is 0.571. The van der Waals surface area contributed by atoms with Crippen LogP contribution in [-0.4, -0.2) is 32.1 Å². The molecular formula is C20H20F3NO6. The van der Waals surface area contributed by atoms with Crippen molar-refractivity contribution in [1.29, 1.82) is 0 Å². The van der Waals surface area contributed by atoms with Gasteiger partial charge in [0.05, 0.1) is 30.9 Å². The fourth-order valence-electron chi connectivity index (χ4n) is 3.15. The summed E-state index contributed by atoms with van der Waals surface area (Å²) in [5.41, 5.74) is -1.14. The summed E-state index contributed by atoms with van der Waals surface area (Å²) in [6.45, 7) is 2.27. The average Bonchev–Trinajstić information content (AvgIpc) is 2.69. The van der Waals surface area contributed by atoms with Gasteiger partial charge in [0.2, 0.25) is 0 Å². The molecule has 0 saturated heterocycles. The number of carbonyl (C=O) groups excluding carboxylic acids is 3. The van der Waals surface area contributed by atoms with Crippen molar-refractivity contribution >= 4 is 17.9 Å². The normalized spacial score (nSPS) is 14.9. The highest BCUT2D eigenvalue weighted by molar-refractivity contribution is 6.05. The van der Waals surface area contributed by atoms with Gasteiger partial charge in [-0.25, -0.2) is 9.59 Å². The van der Waals surface area contributed by atoms with Crippen LogP contribution < -0.4 is 5.32 Å². The van der Waals surface area contributed by atoms with Crippen LogP contribution >= 0.6 is 0 Å². The van der Waals surface area contributed by atoms with Gasteiger partial charge < -0.3 is 19.5 Å². The summed E-state index contributed by atoms with van der Waals surface area (Å²) in [5, 5.41) is 2.80. The maximum atomic E-state index is 13.2. The lowest BCUT2D eigenvalue weighted by molar-refractivity contribution is -0.153. The van der Waals surface area contributed by atoms with Gasteiger partial charge in [0.15, 0.2) is 0 Å². The van der Waals surface area contributed by atoms with Crippen LogP contribution in [-0.2, 0) is 41.4 Å². The molecule has 1 N–H and O–H groups in total. The zero-order chi connectivity index (χ0) is 22.6. The zero-order valence-electron chi connectivity index (χ0n) is 16.7. The van der Waals surface area contributed by atoms with Gasteiger partial charge >= 0.3 is 24.1 Å². The van der Waals surface area contributed by atoms with Gasteiger partial charge in [0.1, 0.15) is 12.5 Å². The highest BCUT2D eigenvalue weighted by atomic mass is 19.4. The highest BCUT2D eigenvalue weighted by Gasteiger charge is 2.42. The molecule has 1 aromatic rings. The molecule has 0 saturated carbocycles. The smallest absolute Gasteiger partial charge is 0.416 e. The Hall–Kier alpha value is -3.30. The number of dihydropyridines is 1. The third kappa shape index (κ3) is 4.64. The summed E-state index contributed by atoms with van der Waals surface area (Å²) in [7, 11) is 2.18. The van der Waals surface area contributed by atoms with Crippen LogP contribution in [0.5, 0.6) is 0 Å². The number of hydrogen-bond donors (Lipinski definition) is 1. The van der Waals surface area contributed by atoms with Gasteiger partial charge in [-0.2, -0.15) is 13.2 Å². The third-order valence-corrected chi connectivity index (χ3v) is 4.50. The Morgan fingerprint density at radius 2 is 1.47 bits per heavy atom. The molecule has 0 atom stereocenters. The van der Waals surface area contributed by atoms with E-state index in [2.05, 4.69) is 5.32 Å². The molecule has 0 bridgehead atoms. The van der Waals surface area contributed by atoms with Crippen LogP contribution in [0.3, 0.4) is 0 Å². The van der Waals surface area contributed by atoms with Crippen molar-refractivity contribution in [3.05, 3.63) is 57.9 Å². The number of benzene rings is 1. The molecule has 0 fully saturated rings. The van der Waals surface area contributed by atoms with E-state index in [0.29, 0.717) is 0 Å². The molecule has 0 amide bonds. The summed E-state index contributed by atoms with van der Waals surface area (Å²) >= 11 is 0. The number of hydrogen-bond acceptors (Lipinski definition) is 7. The number of carbonyl (C=O) groups is 3. The summed E-state index contributed by atoms with van der Waals surface area (Å²) in [4.78, 5) is 37.4. The Morgan fingerprint density at radius 1 is 0.967 bits per heavy atom. The Morgan fingerprint density at radius 3 is 1.93 bits per heavy atom. The number of ether oxygens (including phenoxy) is 3. The van der Waals surface area contributed by atoms with E-state index < -0.39 is 42.2 Å². The fourth-order valence-corrected chi connectivity index (χ4v) is 3.15. The molecule has 0 radical (unpaired) electrons. The number of halogens is 3. The van der Waals surface area contributed by atoms with E-state index >= 15 is 0 Å². The van der Waals surface area contributed by atoms with Gasteiger partial charge in [-0.05, 0) is 19.9 Å². The van der Waals surface area contributed by atoms with Crippen LogP contribution in [0.1, 0.15) is 25.0 Å². The molecule has 2 rings (SSSR count). The number of alkyl halides is 3. The van der Waals surface area contributed by atoms with Crippen LogP contribution in [0, 0.1) is 5.92 Å². The zero-order valence-corrected chi connectivity index (χ0v) is 16.7. The van der Waals surface area contributed by atoms with E-state index in [1.54, 1.807) is 0 Å². The summed E-state index contributed by atoms with van der Waals surface area (Å²) in [5.74, 6) is -4.41. The van der Waals surface area contributed by atoms with E-state index in [9.17, 15) is 27.6 Å². The molecule has 10 heteroatoms. The molecule has 7 nitrogen and oxygen atoms in total. The monoisotopic (exact) mass is 427 g/mol. The molecule has 0 aliphatic carbocycles. The van der Waals surface area contributed by atoms with E-state index in [4.69, 9.17) is 14.2 Å². The van der Waals surface area contributed by atoms with Crippen molar-refractivity contribution in [3.63, 3.8) is 0 Å². The van der Waals surface area contributed by atoms with Crippen LogP contribution in [0.15, 0.2) is 46.8 Å². The molecule has 0 unspecified atom stereocenters. The SMILES string of the molecule is COC(=O)C1=C(C)NC(C)=C(C(=O)OC)C1C(=O)OCc1ccccc1C(F)(F)F. The van der Waals surface area contributed by atoms with Crippen molar-refractivity contribution in [1.82, 2.24) is 5.32 Å². The number of rotatable bonds is 5. The standard InChI is InChI=1S/C20H20F3NO6/c1-10-14(17(25)28-3)16(15(11(2)24-10)18(26)29-4)19(27)30-9-12-7-5-6-8-13(12)20(21,22)23/h5-8,16,24H,9H2,1-4H3. The van der Waals surface area contributed by atoms with Crippen LogP contribution in [0.4, 0.5) is 13.2 Å². The lowest BCUT2D eigenvalue weighted by Gasteiger charge is -2.28. The Labute approximate surface area is 170 Å². The molecule has 0 aromatic heterocycles. The Kier molecular flexibility index (Phi) is 6.91. The van der Waals surface area contributed by atoms with Gasteiger partial charge in [0.25, 0.3) is 0 Å². The number of allylic oxidation sites excluding steroid dienone is 2. The Bertz CT molecular complexity index is 895. The van der Waals surface area contributed by atoms with Crippen LogP contribution in [0.2, 0.25) is 0 Å². The second-order valence-corrected chi connectivity index (χ2v) is 6.38. The molecule has 1 aliphatic heterocycles. The second kappa shape index (κ2) is 9.02. The first-order valence-electron chi connectivity index (χ1n) is 8.69. The minimum atomic E-state index is -4.64. The Balaban J connectivity index is 2.42. The first kappa shape index (κ1) is 23.0. The first-order valence-corrected chi connectivity index (χ1v) is 8.69. The van der Waals surface area contributed by atoms with Gasteiger partial charge in [0, 0.05) is 17.0 Å². The summed E-state index contributed by atoms with van der Waals surface area (Å²) in [6.07, 6.45) is -4.64. The van der Waals surface area contributed by atoms with Crippen molar-refractivity contribution in [2.45, 2.75) is 26.6 Å². The van der Waals surface area contributed by atoms with E-state index in [-0.39, 0.29) is 28.1 Å². The molecule has 1 aliphatic rings. The maximum Gasteiger partial charge on any atom is 0.416 e. The predicted molar refractivity (Wildman–Crippen MR) is 97.3 cm³/mol. The minimum absolute atomic E-state index is 0.197. The molecule has 162 valence electrons. The molecule has 1 heterocycles. The summed E-state index contributed by atoms with van der Waals surface area (Å²) < 4.78 is 54.0. The first-order chi connectivity index (χ1) is 14.0. The highest BCUT2D eigenvalue weighted by Crippen LogP contribution is 2.34. The van der Waals surface area contributed by atoms with E-state index in [1.807, 2.05) is 0 Å². The second-order valence-electron chi connectivity index (χ2n) is 6.38. The van der Waals surface area contributed by atoms with E-state index in [1.165, 1.54) is 32.0 Å².